The molecule has 0 aliphatic heterocycles. The first-order valence-electron chi connectivity index (χ1n) is 7.43. The molecule has 0 saturated carbocycles. The minimum Gasteiger partial charge on any atom is -0.478 e. The third-order valence-electron chi connectivity index (χ3n) is 3.22. The van der Waals surface area contributed by atoms with Crippen molar-refractivity contribution in [3.63, 3.8) is 0 Å². The van der Waals surface area contributed by atoms with Crippen LogP contribution >= 0.6 is 0 Å². The van der Waals surface area contributed by atoms with Gasteiger partial charge in [0.2, 0.25) is 0 Å². The quantitative estimate of drug-likeness (QED) is 0.795. The molecule has 0 atom stereocenters. The van der Waals surface area contributed by atoms with Crippen LogP contribution in [-0.4, -0.2) is 29.6 Å². The second-order valence-corrected chi connectivity index (χ2v) is 5.02. The molecule has 24 heavy (non-hydrogen) atoms. The fourth-order valence-corrected chi connectivity index (χ4v) is 2.03. The smallest absolute Gasteiger partial charge is 0.338 e. The van der Waals surface area contributed by atoms with Gasteiger partial charge in [0.1, 0.15) is 0 Å². The van der Waals surface area contributed by atoms with Gasteiger partial charge in [-0.3, -0.25) is 4.79 Å². The van der Waals surface area contributed by atoms with E-state index in [0.29, 0.717) is 17.9 Å². The first-order chi connectivity index (χ1) is 11.5. The molecular weight excluding hydrogens is 310 g/mol. The van der Waals surface area contributed by atoms with Crippen LogP contribution in [0.2, 0.25) is 0 Å². The molecule has 2 N–H and O–H groups in total. The van der Waals surface area contributed by atoms with Crippen molar-refractivity contribution in [2.75, 3.05) is 11.9 Å². The Morgan fingerprint density at radius 1 is 1.00 bits per heavy atom. The molecule has 6 heteroatoms. The monoisotopic (exact) mass is 327 g/mol. The maximum atomic E-state index is 12.2. The fourth-order valence-electron chi connectivity index (χ4n) is 2.03. The lowest BCUT2D eigenvalue weighted by Crippen LogP contribution is -2.16. The van der Waals surface area contributed by atoms with Gasteiger partial charge in [0.25, 0.3) is 5.91 Å². The second kappa shape index (κ2) is 7.92. The van der Waals surface area contributed by atoms with Gasteiger partial charge in [-0.15, -0.1) is 0 Å². The standard InChI is InChI=1S/C18H17NO5/c1-2-11-24-18(23)12-7-9-13(10-8-12)19-16(20)14-5-3-4-6-15(14)17(21)22/h3-10H,2,11H2,1H3,(H,19,20)(H,21,22). The number of ether oxygens (including phenoxy) is 1. The average Bonchev–Trinajstić information content (AvgIpc) is 2.60. The molecule has 0 unspecified atom stereocenters. The van der Waals surface area contributed by atoms with Crippen LogP contribution in [0.4, 0.5) is 5.69 Å². The predicted molar refractivity (Wildman–Crippen MR) is 88.4 cm³/mol. The molecule has 0 aliphatic carbocycles. The van der Waals surface area contributed by atoms with Gasteiger partial charge < -0.3 is 15.2 Å². The number of benzene rings is 2. The van der Waals surface area contributed by atoms with E-state index in [0.717, 1.165) is 6.42 Å². The lowest BCUT2D eigenvalue weighted by molar-refractivity contribution is 0.0504. The number of hydrogen-bond donors (Lipinski definition) is 2. The van der Waals surface area contributed by atoms with Crippen molar-refractivity contribution >= 4 is 23.5 Å². The average molecular weight is 327 g/mol. The molecule has 0 aromatic heterocycles. The number of rotatable bonds is 6. The molecule has 0 bridgehead atoms. The summed E-state index contributed by atoms with van der Waals surface area (Å²) in [6.07, 6.45) is 0.739. The van der Waals surface area contributed by atoms with Crippen LogP contribution in [0.15, 0.2) is 48.5 Å². The van der Waals surface area contributed by atoms with E-state index >= 15 is 0 Å². The van der Waals surface area contributed by atoms with E-state index in [-0.39, 0.29) is 11.1 Å². The van der Waals surface area contributed by atoms with Crippen LogP contribution in [0, 0.1) is 0 Å². The number of aromatic carboxylic acids is 1. The molecular formula is C18H17NO5. The molecule has 0 heterocycles. The number of carboxylic acid groups (broad SMARTS) is 1. The van der Waals surface area contributed by atoms with Crippen LogP contribution < -0.4 is 5.32 Å². The van der Waals surface area contributed by atoms with Gasteiger partial charge >= 0.3 is 11.9 Å². The highest BCUT2D eigenvalue weighted by Gasteiger charge is 2.16. The Hall–Kier alpha value is -3.15. The number of esters is 1. The number of carboxylic acids is 1. The fraction of sp³-hybridized carbons (Fsp3) is 0.167. The molecule has 6 nitrogen and oxygen atoms in total. The first-order valence-corrected chi connectivity index (χ1v) is 7.43. The molecule has 124 valence electrons. The van der Waals surface area contributed by atoms with Gasteiger partial charge in [0.15, 0.2) is 0 Å². The molecule has 0 radical (unpaired) electrons. The van der Waals surface area contributed by atoms with Crippen molar-refractivity contribution < 1.29 is 24.2 Å². The summed E-state index contributed by atoms with van der Waals surface area (Å²) in [5.74, 6) is -2.13. The summed E-state index contributed by atoms with van der Waals surface area (Å²) in [6.45, 7) is 2.25. The number of anilines is 1. The minimum atomic E-state index is -1.17. The topological polar surface area (TPSA) is 92.7 Å². The van der Waals surface area contributed by atoms with Gasteiger partial charge in [-0.05, 0) is 42.8 Å². The number of nitrogens with one attached hydrogen (secondary N) is 1. The normalized spacial score (nSPS) is 10.0. The molecule has 0 spiro atoms. The molecule has 2 aromatic carbocycles. The SMILES string of the molecule is CCCOC(=O)c1ccc(NC(=O)c2ccccc2C(=O)O)cc1. The molecule has 0 saturated heterocycles. The van der Waals surface area contributed by atoms with Crippen LogP contribution in [-0.2, 0) is 4.74 Å². The lowest BCUT2D eigenvalue weighted by Gasteiger charge is -2.08. The highest BCUT2D eigenvalue weighted by atomic mass is 16.5. The van der Waals surface area contributed by atoms with E-state index in [1.54, 1.807) is 24.3 Å². The Labute approximate surface area is 139 Å². The van der Waals surface area contributed by atoms with E-state index in [4.69, 9.17) is 9.84 Å². The molecule has 1 amide bonds. The largest absolute Gasteiger partial charge is 0.478 e. The molecule has 2 rings (SSSR count). The summed E-state index contributed by atoms with van der Waals surface area (Å²) in [4.78, 5) is 35.1. The van der Waals surface area contributed by atoms with Crippen molar-refractivity contribution in [2.45, 2.75) is 13.3 Å². The Balaban J connectivity index is 2.10. The van der Waals surface area contributed by atoms with E-state index in [2.05, 4.69) is 5.32 Å². The maximum absolute atomic E-state index is 12.2. The van der Waals surface area contributed by atoms with Crippen molar-refractivity contribution in [3.05, 3.63) is 65.2 Å². The van der Waals surface area contributed by atoms with Gasteiger partial charge in [0.05, 0.1) is 23.3 Å². The molecule has 0 fully saturated rings. The Morgan fingerprint density at radius 2 is 1.62 bits per heavy atom. The third-order valence-corrected chi connectivity index (χ3v) is 3.22. The van der Waals surface area contributed by atoms with E-state index in [9.17, 15) is 14.4 Å². The van der Waals surface area contributed by atoms with Crippen molar-refractivity contribution in [1.29, 1.82) is 0 Å². The summed E-state index contributed by atoms with van der Waals surface area (Å²) in [7, 11) is 0. The molecule has 2 aromatic rings. The van der Waals surface area contributed by atoms with Gasteiger partial charge in [-0.2, -0.15) is 0 Å². The zero-order valence-electron chi connectivity index (χ0n) is 13.1. The highest BCUT2D eigenvalue weighted by molar-refractivity contribution is 6.10. The summed E-state index contributed by atoms with van der Waals surface area (Å²) < 4.78 is 5.02. The Morgan fingerprint density at radius 3 is 2.21 bits per heavy atom. The van der Waals surface area contributed by atoms with Crippen molar-refractivity contribution in [1.82, 2.24) is 0 Å². The third kappa shape index (κ3) is 4.19. The zero-order chi connectivity index (χ0) is 17.5. The second-order valence-electron chi connectivity index (χ2n) is 5.02. The van der Waals surface area contributed by atoms with Crippen LogP contribution in [0.25, 0.3) is 0 Å². The summed E-state index contributed by atoms with van der Waals surface area (Å²) in [5, 5.41) is 11.7. The van der Waals surface area contributed by atoms with E-state index in [1.165, 1.54) is 24.3 Å². The zero-order valence-corrected chi connectivity index (χ0v) is 13.1. The van der Waals surface area contributed by atoms with Crippen LogP contribution in [0.3, 0.4) is 0 Å². The number of carbonyl (C=O) groups excluding carboxylic acids is 2. The van der Waals surface area contributed by atoms with Gasteiger partial charge in [0, 0.05) is 5.69 Å². The predicted octanol–water partition coefficient (Wildman–Crippen LogP) is 3.20. The van der Waals surface area contributed by atoms with Gasteiger partial charge in [-0.25, -0.2) is 9.59 Å². The summed E-state index contributed by atoms with van der Waals surface area (Å²) in [6, 6.07) is 12.1. The summed E-state index contributed by atoms with van der Waals surface area (Å²) >= 11 is 0. The van der Waals surface area contributed by atoms with E-state index < -0.39 is 17.8 Å². The van der Waals surface area contributed by atoms with Crippen LogP contribution in [0.1, 0.15) is 44.4 Å². The number of hydrogen-bond acceptors (Lipinski definition) is 4. The number of amides is 1. The van der Waals surface area contributed by atoms with Crippen molar-refractivity contribution in [3.8, 4) is 0 Å². The minimum absolute atomic E-state index is 0.0661. The Bertz CT molecular complexity index is 752. The van der Waals surface area contributed by atoms with Crippen LogP contribution in [0.5, 0.6) is 0 Å². The highest BCUT2D eigenvalue weighted by Crippen LogP contribution is 2.15. The van der Waals surface area contributed by atoms with E-state index in [1.807, 2.05) is 6.92 Å². The number of carbonyl (C=O) groups is 3. The van der Waals surface area contributed by atoms with Crippen molar-refractivity contribution in [2.24, 2.45) is 0 Å². The maximum Gasteiger partial charge on any atom is 0.338 e. The first kappa shape index (κ1) is 17.2. The Kier molecular flexibility index (Phi) is 5.68. The lowest BCUT2D eigenvalue weighted by atomic mass is 10.1. The summed E-state index contributed by atoms with van der Waals surface area (Å²) in [5.41, 5.74) is 0.825. The van der Waals surface area contributed by atoms with Gasteiger partial charge in [-0.1, -0.05) is 19.1 Å². The molecule has 0 aliphatic rings.